The molecule has 3 rings (SSSR count). The van der Waals surface area contributed by atoms with Gasteiger partial charge in [-0.2, -0.15) is 0 Å². The molecule has 6 nitrogen and oxygen atoms in total. The lowest BCUT2D eigenvalue weighted by atomic mass is 9.85. The third-order valence-electron chi connectivity index (χ3n) is 4.40. The van der Waals surface area contributed by atoms with E-state index in [0.29, 0.717) is 0 Å². The number of carbonyl (C=O) groups is 3. The lowest BCUT2D eigenvalue weighted by molar-refractivity contribution is -0.143. The summed E-state index contributed by atoms with van der Waals surface area (Å²) in [5, 5.41) is 2.47. The molecule has 6 heteroatoms. The van der Waals surface area contributed by atoms with Crippen molar-refractivity contribution in [2.45, 2.75) is 19.5 Å². The number of likely N-dealkylation sites (tertiary alicyclic amines) is 1. The van der Waals surface area contributed by atoms with Gasteiger partial charge in [-0.1, -0.05) is 12.2 Å². The van der Waals surface area contributed by atoms with Gasteiger partial charge in [-0.05, 0) is 25.2 Å². The lowest BCUT2D eigenvalue weighted by Gasteiger charge is -2.24. The Hall–Kier alpha value is -1.85. The minimum Gasteiger partial charge on any atom is -0.453 e. The van der Waals surface area contributed by atoms with Gasteiger partial charge in [0.15, 0.2) is 0 Å². The maximum absolute atomic E-state index is 12.4. The summed E-state index contributed by atoms with van der Waals surface area (Å²) in [7, 11) is 1.24. The number of carbonyl (C=O) groups excluding carboxylic acids is 3. The molecule has 2 bridgehead atoms. The van der Waals surface area contributed by atoms with E-state index in [1.165, 1.54) is 12.0 Å². The molecule has 2 fully saturated rings. The fourth-order valence-electron chi connectivity index (χ4n) is 3.60. The third kappa shape index (κ3) is 1.59. The van der Waals surface area contributed by atoms with Gasteiger partial charge in [-0.25, -0.2) is 4.79 Å². The molecule has 0 spiro atoms. The van der Waals surface area contributed by atoms with Crippen molar-refractivity contribution in [1.29, 1.82) is 0 Å². The monoisotopic (exact) mass is 264 g/mol. The standard InChI is InChI=1S/C13H16N2O4/c1-6(14-13(18)19-2)15-11(16)9-7-3-4-8(5-7)10(9)12(15)17/h3-4,6-10H,5H2,1-2H3,(H,14,18)/t6-,7+,8+,9-,10+/m1/s1. The second-order valence-corrected chi connectivity index (χ2v) is 5.36. The number of rotatable bonds is 2. The summed E-state index contributed by atoms with van der Waals surface area (Å²) in [6, 6.07) is 0. The summed E-state index contributed by atoms with van der Waals surface area (Å²) in [5.74, 6) is -0.441. The van der Waals surface area contributed by atoms with Crippen molar-refractivity contribution < 1.29 is 19.1 Å². The predicted octanol–water partition coefficient (Wildman–Crippen LogP) is 0.495. The van der Waals surface area contributed by atoms with E-state index in [0.717, 1.165) is 6.42 Å². The van der Waals surface area contributed by atoms with Gasteiger partial charge in [0.25, 0.3) is 0 Å². The van der Waals surface area contributed by atoms with E-state index >= 15 is 0 Å². The molecule has 1 N–H and O–H groups in total. The number of alkyl carbamates (subject to hydrolysis) is 1. The van der Waals surface area contributed by atoms with Gasteiger partial charge in [-0.15, -0.1) is 0 Å². The summed E-state index contributed by atoms with van der Waals surface area (Å²) in [6.45, 7) is 1.61. The third-order valence-corrected chi connectivity index (χ3v) is 4.40. The van der Waals surface area contributed by atoms with Gasteiger partial charge in [0.1, 0.15) is 6.17 Å². The average molecular weight is 264 g/mol. The quantitative estimate of drug-likeness (QED) is 0.582. The summed E-state index contributed by atoms with van der Waals surface area (Å²) in [4.78, 5) is 37.1. The number of hydrogen-bond donors (Lipinski definition) is 1. The topological polar surface area (TPSA) is 75.7 Å². The second kappa shape index (κ2) is 4.08. The smallest absolute Gasteiger partial charge is 0.408 e. The molecule has 1 aliphatic heterocycles. The molecule has 2 aliphatic carbocycles. The van der Waals surface area contributed by atoms with E-state index in [2.05, 4.69) is 10.1 Å². The molecule has 0 radical (unpaired) electrons. The Morgan fingerprint density at radius 3 is 2.32 bits per heavy atom. The van der Waals surface area contributed by atoms with Gasteiger partial charge in [-0.3, -0.25) is 14.5 Å². The molecule has 3 aliphatic rings. The van der Waals surface area contributed by atoms with Crippen LogP contribution in [-0.4, -0.2) is 36.1 Å². The van der Waals surface area contributed by atoms with Crippen LogP contribution in [0.2, 0.25) is 0 Å². The van der Waals surface area contributed by atoms with Crippen molar-refractivity contribution in [2.75, 3.05) is 7.11 Å². The first-order valence-electron chi connectivity index (χ1n) is 6.44. The van der Waals surface area contributed by atoms with Crippen LogP contribution >= 0.6 is 0 Å². The Kier molecular flexibility index (Phi) is 2.62. The Morgan fingerprint density at radius 1 is 1.32 bits per heavy atom. The van der Waals surface area contributed by atoms with Gasteiger partial charge in [0.05, 0.1) is 18.9 Å². The average Bonchev–Trinajstić information content (AvgIpc) is 3.03. The van der Waals surface area contributed by atoms with Crippen LogP contribution in [0.3, 0.4) is 0 Å². The number of hydrogen-bond acceptors (Lipinski definition) is 4. The van der Waals surface area contributed by atoms with Crippen LogP contribution in [0.15, 0.2) is 12.2 Å². The van der Waals surface area contributed by atoms with E-state index in [1.54, 1.807) is 6.92 Å². The molecular weight excluding hydrogens is 248 g/mol. The maximum Gasteiger partial charge on any atom is 0.408 e. The minimum absolute atomic E-state index is 0.171. The predicted molar refractivity (Wildman–Crippen MR) is 64.6 cm³/mol. The van der Waals surface area contributed by atoms with E-state index in [9.17, 15) is 14.4 Å². The fourth-order valence-corrected chi connectivity index (χ4v) is 3.60. The molecule has 0 aromatic rings. The van der Waals surface area contributed by atoms with Crippen LogP contribution in [0.4, 0.5) is 4.79 Å². The van der Waals surface area contributed by atoms with Gasteiger partial charge >= 0.3 is 6.09 Å². The van der Waals surface area contributed by atoms with Crippen LogP contribution in [0.5, 0.6) is 0 Å². The first-order chi connectivity index (χ1) is 9.04. The van der Waals surface area contributed by atoms with Crippen molar-refractivity contribution in [3.63, 3.8) is 0 Å². The van der Waals surface area contributed by atoms with Crippen molar-refractivity contribution >= 4 is 17.9 Å². The number of imide groups is 1. The van der Waals surface area contributed by atoms with Crippen LogP contribution in [0, 0.1) is 23.7 Å². The number of allylic oxidation sites excluding steroid dienone is 2. The zero-order chi connectivity index (χ0) is 13.7. The van der Waals surface area contributed by atoms with Crippen LogP contribution in [-0.2, 0) is 14.3 Å². The molecule has 0 unspecified atom stereocenters. The SMILES string of the molecule is COC(=O)N[C@@H](C)N1C(=O)[C@@H]2[C@H](C1=O)[C@H]1C=C[C@H]2C1. The van der Waals surface area contributed by atoms with Crippen molar-refractivity contribution in [1.82, 2.24) is 10.2 Å². The first kappa shape index (κ1) is 12.2. The molecule has 0 aromatic heterocycles. The highest BCUT2D eigenvalue weighted by Crippen LogP contribution is 2.52. The lowest BCUT2D eigenvalue weighted by Crippen LogP contribution is -2.50. The van der Waals surface area contributed by atoms with E-state index < -0.39 is 12.3 Å². The number of nitrogens with zero attached hydrogens (tertiary/aromatic N) is 1. The number of nitrogens with one attached hydrogen (secondary N) is 1. The van der Waals surface area contributed by atoms with Crippen LogP contribution < -0.4 is 5.32 Å². The Labute approximate surface area is 110 Å². The molecule has 0 aromatic carbocycles. The second-order valence-electron chi connectivity index (χ2n) is 5.36. The normalized spacial score (nSPS) is 36.6. The summed E-state index contributed by atoms with van der Waals surface area (Å²) in [6.07, 6.45) is 3.67. The zero-order valence-corrected chi connectivity index (χ0v) is 10.8. The van der Waals surface area contributed by atoms with Crippen molar-refractivity contribution in [3.05, 3.63) is 12.2 Å². The van der Waals surface area contributed by atoms with Gasteiger partial charge in [0, 0.05) is 0 Å². The largest absolute Gasteiger partial charge is 0.453 e. The number of fused-ring (bicyclic) bond motifs is 5. The Morgan fingerprint density at radius 2 is 1.84 bits per heavy atom. The summed E-state index contributed by atoms with van der Waals surface area (Å²) < 4.78 is 4.49. The molecule has 1 saturated carbocycles. The Bertz CT molecular complexity index is 457. The van der Waals surface area contributed by atoms with Crippen LogP contribution in [0.1, 0.15) is 13.3 Å². The van der Waals surface area contributed by atoms with Crippen molar-refractivity contribution in [3.8, 4) is 0 Å². The molecule has 102 valence electrons. The fraction of sp³-hybridized carbons (Fsp3) is 0.615. The van der Waals surface area contributed by atoms with E-state index in [1.807, 2.05) is 12.2 Å². The molecule has 1 saturated heterocycles. The van der Waals surface area contributed by atoms with Gasteiger partial charge < -0.3 is 10.1 Å². The van der Waals surface area contributed by atoms with E-state index in [4.69, 9.17) is 0 Å². The molecule has 5 atom stereocenters. The minimum atomic E-state index is -0.669. The highest BCUT2D eigenvalue weighted by atomic mass is 16.5. The van der Waals surface area contributed by atoms with Crippen molar-refractivity contribution in [2.24, 2.45) is 23.7 Å². The Balaban J connectivity index is 1.80. The van der Waals surface area contributed by atoms with Crippen LogP contribution in [0.25, 0.3) is 0 Å². The molecule has 19 heavy (non-hydrogen) atoms. The number of methoxy groups -OCH3 is 1. The first-order valence-corrected chi connectivity index (χ1v) is 6.44. The van der Waals surface area contributed by atoms with Gasteiger partial charge in [0.2, 0.25) is 11.8 Å². The molecule has 3 amide bonds. The summed E-state index contributed by atoms with van der Waals surface area (Å²) in [5.41, 5.74) is 0. The summed E-state index contributed by atoms with van der Waals surface area (Å²) >= 11 is 0. The highest BCUT2D eigenvalue weighted by molar-refractivity contribution is 6.06. The highest BCUT2D eigenvalue weighted by Gasteiger charge is 2.60. The number of ether oxygens (including phenoxy) is 1. The van der Waals surface area contributed by atoms with E-state index in [-0.39, 0.29) is 35.5 Å². The number of amides is 3. The molecular formula is C13H16N2O4. The zero-order valence-electron chi connectivity index (χ0n) is 10.8. The molecule has 1 heterocycles. The maximum atomic E-state index is 12.4.